The molecule has 0 saturated carbocycles. The third-order valence-electron chi connectivity index (χ3n) is 4.28. The quantitative estimate of drug-likeness (QED) is 0.220. The van der Waals surface area contributed by atoms with Crippen LogP contribution in [0.25, 0.3) is 0 Å². The minimum absolute atomic E-state index is 0.289. The average Bonchev–Trinajstić information content (AvgIpc) is 2.96. The molecule has 6 nitrogen and oxygen atoms in total. The molecule has 0 N–H and O–H groups in total. The fourth-order valence-corrected chi connectivity index (χ4v) is 2.90. The van der Waals surface area contributed by atoms with E-state index in [-0.39, 0.29) is 12.4 Å². The molecule has 138 valence electrons. The molecule has 0 heterocycles. The molecule has 0 aliphatic heterocycles. The highest BCUT2D eigenvalue weighted by molar-refractivity contribution is 6.01. The Morgan fingerprint density at radius 3 is 2.12 bits per heavy atom. The Bertz CT molecular complexity index is 581. The van der Waals surface area contributed by atoms with E-state index in [9.17, 15) is 14.4 Å². The molecule has 0 atom stereocenters. The Balaban J connectivity index is 2.60. The van der Waals surface area contributed by atoms with E-state index in [0.29, 0.717) is 6.42 Å². The number of allylic oxidation sites excluding steroid dienone is 5. The number of rotatable bonds is 8. The van der Waals surface area contributed by atoms with Gasteiger partial charge in [-0.05, 0) is 44.6 Å². The SMILES string of the molecule is COC(=O)/C=C/CCC/C=C/C1=C(C)CC(C(=O)OC)(C(=O)OC)C1. The first-order valence-electron chi connectivity index (χ1n) is 8.17. The summed E-state index contributed by atoms with van der Waals surface area (Å²) in [5, 5.41) is 0. The maximum Gasteiger partial charge on any atom is 0.330 e. The number of ether oxygens (including phenoxy) is 3. The Morgan fingerprint density at radius 2 is 1.56 bits per heavy atom. The number of esters is 3. The number of carbonyl (C=O) groups is 3. The normalized spacial score (nSPS) is 16.5. The predicted molar refractivity (Wildman–Crippen MR) is 92.5 cm³/mol. The first-order valence-corrected chi connectivity index (χ1v) is 8.17. The van der Waals surface area contributed by atoms with Crippen molar-refractivity contribution in [2.24, 2.45) is 5.41 Å². The maximum absolute atomic E-state index is 12.1. The number of hydrogen-bond acceptors (Lipinski definition) is 6. The van der Waals surface area contributed by atoms with Gasteiger partial charge in [0.25, 0.3) is 0 Å². The van der Waals surface area contributed by atoms with Gasteiger partial charge in [0.2, 0.25) is 0 Å². The summed E-state index contributed by atoms with van der Waals surface area (Å²) in [6, 6.07) is 0. The van der Waals surface area contributed by atoms with E-state index < -0.39 is 17.4 Å². The van der Waals surface area contributed by atoms with Crippen LogP contribution < -0.4 is 0 Å². The lowest BCUT2D eigenvalue weighted by Gasteiger charge is -2.23. The van der Waals surface area contributed by atoms with E-state index >= 15 is 0 Å². The molecule has 6 heteroatoms. The van der Waals surface area contributed by atoms with Crippen molar-refractivity contribution in [1.82, 2.24) is 0 Å². The van der Waals surface area contributed by atoms with Crippen LogP contribution in [-0.4, -0.2) is 39.2 Å². The molecule has 1 aliphatic carbocycles. The van der Waals surface area contributed by atoms with Gasteiger partial charge in [-0.3, -0.25) is 9.59 Å². The van der Waals surface area contributed by atoms with Crippen molar-refractivity contribution in [2.45, 2.75) is 39.0 Å². The standard InChI is InChI=1S/C19H26O6/c1-14-12-19(17(21)24-3,18(22)25-4)13-15(14)10-8-6-5-7-9-11-16(20)23-2/h8-11H,5-7,12-13H2,1-4H3/b10-8+,11-9+. The van der Waals surface area contributed by atoms with Crippen molar-refractivity contribution in [3.05, 3.63) is 35.5 Å². The van der Waals surface area contributed by atoms with Crippen LogP contribution in [0, 0.1) is 5.41 Å². The van der Waals surface area contributed by atoms with Crippen molar-refractivity contribution in [1.29, 1.82) is 0 Å². The van der Waals surface area contributed by atoms with Crippen LogP contribution >= 0.6 is 0 Å². The van der Waals surface area contributed by atoms with Crippen LogP contribution in [0.4, 0.5) is 0 Å². The van der Waals surface area contributed by atoms with Crippen LogP contribution in [0.2, 0.25) is 0 Å². The van der Waals surface area contributed by atoms with Gasteiger partial charge >= 0.3 is 17.9 Å². The molecular weight excluding hydrogens is 324 g/mol. The average molecular weight is 350 g/mol. The summed E-state index contributed by atoms with van der Waals surface area (Å²) in [6.45, 7) is 1.91. The molecule has 0 saturated heterocycles. The van der Waals surface area contributed by atoms with Crippen molar-refractivity contribution >= 4 is 17.9 Å². The molecular formula is C19H26O6. The van der Waals surface area contributed by atoms with Crippen LogP contribution in [0.3, 0.4) is 0 Å². The summed E-state index contributed by atoms with van der Waals surface area (Å²) >= 11 is 0. The van der Waals surface area contributed by atoms with Crippen LogP contribution in [0.15, 0.2) is 35.5 Å². The van der Waals surface area contributed by atoms with Gasteiger partial charge in [-0.2, -0.15) is 0 Å². The highest BCUT2D eigenvalue weighted by Crippen LogP contribution is 2.44. The molecule has 0 unspecified atom stereocenters. The van der Waals surface area contributed by atoms with E-state index in [4.69, 9.17) is 9.47 Å². The number of hydrogen-bond donors (Lipinski definition) is 0. The van der Waals surface area contributed by atoms with Crippen molar-refractivity contribution in [3.63, 3.8) is 0 Å². The number of methoxy groups -OCH3 is 3. The Kier molecular flexibility index (Phi) is 8.11. The largest absolute Gasteiger partial charge is 0.468 e. The van der Waals surface area contributed by atoms with Gasteiger partial charge < -0.3 is 14.2 Å². The van der Waals surface area contributed by atoms with Crippen molar-refractivity contribution in [2.75, 3.05) is 21.3 Å². The Morgan fingerprint density at radius 1 is 0.960 bits per heavy atom. The van der Waals surface area contributed by atoms with E-state index in [0.717, 1.165) is 30.4 Å². The Labute approximate surface area is 148 Å². The summed E-state index contributed by atoms with van der Waals surface area (Å²) in [5.74, 6) is -1.48. The minimum Gasteiger partial charge on any atom is -0.468 e. The molecule has 0 amide bonds. The van der Waals surface area contributed by atoms with Gasteiger partial charge in [0.1, 0.15) is 0 Å². The zero-order valence-corrected chi connectivity index (χ0v) is 15.3. The second-order valence-electron chi connectivity index (χ2n) is 5.98. The van der Waals surface area contributed by atoms with Gasteiger partial charge in [-0.1, -0.05) is 23.8 Å². The van der Waals surface area contributed by atoms with Crippen molar-refractivity contribution in [3.8, 4) is 0 Å². The second-order valence-corrected chi connectivity index (χ2v) is 5.98. The molecule has 0 bridgehead atoms. The summed E-state index contributed by atoms with van der Waals surface area (Å²) < 4.78 is 14.2. The van der Waals surface area contributed by atoms with Gasteiger partial charge in [-0.25, -0.2) is 4.79 Å². The summed E-state index contributed by atoms with van der Waals surface area (Å²) in [5.41, 5.74) is 0.676. The lowest BCUT2D eigenvalue weighted by atomic mass is 9.83. The molecule has 25 heavy (non-hydrogen) atoms. The summed E-state index contributed by atoms with van der Waals surface area (Å²) in [7, 11) is 3.89. The van der Waals surface area contributed by atoms with Crippen LogP contribution in [0.1, 0.15) is 39.0 Å². The topological polar surface area (TPSA) is 78.9 Å². The predicted octanol–water partition coefficient (Wildman–Crippen LogP) is 2.88. The van der Waals surface area contributed by atoms with Crippen LogP contribution in [0.5, 0.6) is 0 Å². The van der Waals surface area contributed by atoms with Gasteiger partial charge in [-0.15, -0.1) is 0 Å². The van der Waals surface area contributed by atoms with Crippen LogP contribution in [-0.2, 0) is 28.6 Å². The van der Waals surface area contributed by atoms with Crippen molar-refractivity contribution < 1.29 is 28.6 Å². The third kappa shape index (κ3) is 5.31. The van der Waals surface area contributed by atoms with Gasteiger partial charge in [0, 0.05) is 6.08 Å². The number of unbranched alkanes of at least 4 members (excludes halogenated alkanes) is 2. The number of carbonyl (C=O) groups excluding carboxylic acids is 3. The molecule has 0 fully saturated rings. The van der Waals surface area contributed by atoms with E-state index in [1.54, 1.807) is 6.08 Å². The highest BCUT2D eigenvalue weighted by Gasteiger charge is 2.52. The zero-order valence-electron chi connectivity index (χ0n) is 15.3. The fraction of sp³-hybridized carbons (Fsp3) is 0.526. The maximum atomic E-state index is 12.1. The lowest BCUT2D eigenvalue weighted by molar-refractivity contribution is -0.168. The molecule has 0 spiro atoms. The van der Waals surface area contributed by atoms with E-state index in [2.05, 4.69) is 4.74 Å². The minimum atomic E-state index is -1.27. The van der Waals surface area contributed by atoms with E-state index in [1.807, 2.05) is 19.1 Å². The molecule has 0 aromatic heterocycles. The Hall–Kier alpha value is -2.37. The van der Waals surface area contributed by atoms with Gasteiger partial charge in [0.05, 0.1) is 21.3 Å². The van der Waals surface area contributed by atoms with E-state index in [1.165, 1.54) is 27.4 Å². The molecule has 1 aliphatic rings. The highest BCUT2D eigenvalue weighted by atomic mass is 16.5. The molecule has 0 aromatic rings. The fourth-order valence-electron chi connectivity index (χ4n) is 2.90. The third-order valence-corrected chi connectivity index (χ3v) is 4.28. The first kappa shape index (κ1) is 20.7. The molecule has 0 aromatic carbocycles. The summed E-state index contributed by atoms with van der Waals surface area (Å²) in [6.07, 6.45) is 10.2. The first-order chi connectivity index (χ1) is 11.9. The zero-order chi connectivity index (χ0) is 18.9. The monoisotopic (exact) mass is 350 g/mol. The molecule has 1 rings (SSSR count). The lowest BCUT2D eigenvalue weighted by Crippen LogP contribution is -2.39. The van der Waals surface area contributed by atoms with Gasteiger partial charge in [0.15, 0.2) is 5.41 Å². The smallest absolute Gasteiger partial charge is 0.330 e. The second kappa shape index (κ2) is 9.81. The summed E-state index contributed by atoms with van der Waals surface area (Å²) in [4.78, 5) is 35.2. The molecule has 0 radical (unpaired) electrons.